The average molecular weight is 427 g/mol. The average Bonchev–Trinajstić information content (AvgIpc) is 2.80. The van der Waals surface area contributed by atoms with Crippen molar-refractivity contribution in [3.8, 4) is 11.3 Å². The topological polar surface area (TPSA) is 99.9 Å². The predicted octanol–water partition coefficient (Wildman–Crippen LogP) is 4.12. The van der Waals surface area contributed by atoms with Gasteiger partial charge >= 0.3 is 0 Å². The molecule has 5 rings (SSSR count). The van der Waals surface area contributed by atoms with Crippen LogP contribution in [0.2, 0.25) is 0 Å². The highest BCUT2D eigenvalue weighted by Gasteiger charge is 2.18. The zero-order valence-corrected chi connectivity index (χ0v) is 18.0. The Morgan fingerprint density at radius 3 is 2.59 bits per heavy atom. The number of piperidine rings is 1. The minimum atomic E-state index is -0.178. The Kier molecular flexibility index (Phi) is 5.33. The molecule has 32 heavy (non-hydrogen) atoms. The monoisotopic (exact) mass is 426 g/mol. The summed E-state index contributed by atoms with van der Waals surface area (Å²) in [5.41, 5.74) is 9.37. The van der Waals surface area contributed by atoms with Gasteiger partial charge in [-0.05, 0) is 86.2 Å². The van der Waals surface area contributed by atoms with E-state index < -0.39 is 0 Å². The van der Waals surface area contributed by atoms with Gasteiger partial charge in [-0.3, -0.25) is 4.79 Å². The van der Waals surface area contributed by atoms with Crippen LogP contribution >= 0.6 is 0 Å². The van der Waals surface area contributed by atoms with Gasteiger partial charge in [-0.2, -0.15) is 0 Å². The minimum Gasteiger partial charge on any atom is -0.384 e. The quantitative estimate of drug-likeness (QED) is 0.454. The van der Waals surface area contributed by atoms with Crippen LogP contribution in [0.15, 0.2) is 65.7 Å². The van der Waals surface area contributed by atoms with Crippen molar-refractivity contribution < 1.29 is 0 Å². The van der Waals surface area contributed by atoms with Crippen molar-refractivity contribution in [2.45, 2.75) is 18.8 Å². The molecular formula is C25H26N6O. The van der Waals surface area contributed by atoms with Gasteiger partial charge in [0.25, 0.3) is 5.56 Å². The molecule has 0 atom stereocenters. The molecule has 4 N–H and O–H groups in total. The third-order valence-electron chi connectivity index (χ3n) is 6.20. The summed E-state index contributed by atoms with van der Waals surface area (Å²) in [5, 5.41) is 4.70. The molecule has 1 saturated heterocycles. The Hall–Kier alpha value is -3.71. The fourth-order valence-corrected chi connectivity index (χ4v) is 4.33. The summed E-state index contributed by atoms with van der Waals surface area (Å²) in [6, 6.07) is 15.9. The van der Waals surface area contributed by atoms with Crippen molar-refractivity contribution >= 4 is 28.1 Å². The van der Waals surface area contributed by atoms with Crippen molar-refractivity contribution in [3.63, 3.8) is 0 Å². The zero-order valence-electron chi connectivity index (χ0n) is 18.0. The first-order valence-corrected chi connectivity index (χ1v) is 10.9. The van der Waals surface area contributed by atoms with Crippen molar-refractivity contribution in [1.82, 2.24) is 19.9 Å². The van der Waals surface area contributed by atoms with Crippen LogP contribution < -0.4 is 16.6 Å². The maximum Gasteiger partial charge on any atom is 0.259 e. The van der Waals surface area contributed by atoms with Gasteiger partial charge in [-0.25, -0.2) is 9.97 Å². The standard InChI is InChI=1S/C25H26N6O/c1-31-12-9-17(10-13-31)16-2-5-20(6-3-16)29-24-23-18(8-11-27-25(23)32)14-21(30-24)19-4-7-22(26)28-15-19/h2-8,11,14-15,17H,9-10,12-13H2,1H3,(H2,26,28)(H,27,32)(H,29,30). The fraction of sp³-hybridized carbons (Fsp3) is 0.240. The molecule has 0 unspecified atom stereocenters. The van der Waals surface area contributed by atoms with Crippen molar-refractivity contribution in [1.29, 1.82) is 0 Å². The number of H-pyrrole nitrogens is 1. The van der Waals surface area contributed by atoms with Gasteiger partial charge in [0.15, 0.2) is 0 Å². The number of likely N-dealkylation sites (tertiary alicyclic amines) is 1. The molecule has 4 aromatic rings. The van der Waals surface area contributed by atoms with Crippen LogP contribution in [0.1, 0.15) is 24.3 Å². The zero-order chi connectivity index (χ0) is 22.1. The highest BCUT2D eigenvalue weighted by molar-refractivity contribution is 5.95. The van der Waals surface area contributed by atoms with Crippen molar-refractivity contribution in [2.24, 2.45) is 0 Å². The van der Waals surface area contributed by atoms with E-state index in [2.05, 4.69) is 51.5 Å². The Labute approximate surface area is 186 Å². The van der Waals surface area contributed by atoms with E-state index >= 15 is 0 Å². The van der Waals surface area contributed by atoms with Gasteiger partial charge in [0, 0.05) is 23.6 Å². The number of anilines is 3. The summed E-state index contributed by atoms with van der Waals surface area (Å²) < 4.78 is 0. The van der Waals surface area contributed by atoms with Gasteiger partial charge in [0.1, 0.15) is 11.6 Å². The van der Waals surface area contributed by atoms with Crippen LogP contribution in [0.3, 0.4) is 0 Å². The second-order valence-electron chi connectivity index (χ2n) is 8.42. The number of nitrogens with one attached hydrogen (secondary N) is 2. The maximum absolute atomic E-state index is 12.6. The molecule has 1 fully saturated rings. The first-order chi connectivity index (χ1) is 15.6. The molecule has 0 radical (unpaired) electrons. The lowest BCUT2D eigenvalue weighted by molar-refractivity contribution is 0.255. The van der Waals surface area contributed by atoms with E-state index in [1.54, 1.807) is 18.5 Å². The predicted molar refractivity (Wildman–Crippen MR) is 129 cm³/mol. The molecule has 7 heteroatoms. The summed E-state index contributed by atoms with van der Waals surface area (Å²) in [7, 11) is 2.18. The van der Waals surface area contributed by atoms with Crippen LogP contribution in [-0.2, 0) is 0 Å². The molecule has 4 heterocycles. The number of hydrogen-bond acceptors (Lipinski definition) is 6. The van der Waals surface area contributed by atoms with E-state index in [1.807, 2.05) is 18.2 Å². The number of pyridine rings is 3. The van der Waals surface area contributed by atoms with E-state index in [0.29, 0.717) is 22.9 Å². The molecule has 0 saturated carbocycles. The summed E-state index contributed by atoms with van der Waals surface area (Å²) in [6.45, 7) is 2.27. The molecule has 0 spiro atoms. The molecule has 3 aromatic heterocycles. The molecule has 7 nitrogen and oxygen atoms in total. The van der Waals surface area contributed by atoms with Crippen LogP contribution in [-0.4, -0.2) is 40.0 Å². The third-order valence-corrected chi connectivity index (χ3v) is 6.20. The van der Waals surface area contributed by atoms with E-state index in [9.17, 15) is 4.79 Å². The minimum absolute atomic E-state index is 0.178. The molecular weight excluding hydrogens is 400 g/mol. The van der Waals surface area contributed by atoms with Crippen LogP contribution in [0, 0.1) is 0 Å². The molecule has 0 amide bonds. The summed E-state index contributed by atoms with van der Waals surface area (Å²) in [5.74, 6) is 1.57. The van der Waals surface area contributed by atoms with E-state index in [0.717, 1.165) is 35.4 Å². The summed E-state index contributed by atoms with van der Waals surface area (Å²) in [6.07, 6.45) is 5.71. The Morgan fingerprint density at radius 2 is 1.88 bits per heavy atom. The second-order valence-corrected chi connectivity index (χ2v) is 8.42. The van der Waals surface area contributed by atoms with Gasteiger partial charge in [0.05, 0.1) is 11.1 Å². The SMILES string of the molecule is CN1CCC(c2ccc(Nc3nc(-c4ccc(N)nc4)cc4cc[nH]c(=O)c34)cc2)CC1. The van der Waals surface area contributed by atoms with E-state index in [1.165, 1.54) is 18.4 Å². The second kappa shape index (κ2) is 8.43. The summed E-state index contributed by atoms with van der Waals surface area (Å²) in [4.78, 5) is 26.7. The molecule has 1 aliphatic heterocycles. The number of benzene rings is 1. The molecule has 162 valence electrons. The van der Waals surface area contributed by atoms with Crippen LogP contribution in [0.25, 0.3) is 22.0 Å². The molecule has 1 aliphatic rings. The first-order valence-electron chi connectivity index (χ1n) is 10.9. The number of aromatic nitrogens is 3. The highest BCUT2D eigenvalue weighted by Crippen LogP contribution is 2.30. The van der Waals surface area contributed by atoms with Gasteiger partial charge < -0.3 is 20.9 Å². The Balaban J connectivity index is 1.49. The van der Waals surface area contributed by atoms with Crippen LogP contribution in [0.4, 0.5) is 17.3 Å². The Morgan fingerprint density at radius 1 is 1.09 bits per heavy atom. The molecule has 0 bridgehead atoms. The number of aromatic amines is 1. The van der Waals surface area contributed by atoms with E-state index in [4.69, 9.17) is 10.7 Å². The lowest BCUT2D eigenvalue weighted by Crippen LogP contribution is -2.29. The summed E-state index contributed by atoms with van der Waals surface area (Å²) >= 11 is 0. The number of nitrogens with zero attached hydrogens (tertiary/aromatic N) is 3. The first kappa shape index (κ1) is 20.2. The largest absolute Gasteiger partial charge is 0.384 e. The third kappa shape index (κ3) is 4.07. The number of nitrogens with two attached hydrogens (primary N) is 1. The normalized spacial score (nSPS) is 15.2. The lowest BCUT2D eigenvalue weighted by Gasteiger charge is -2.29. The van der Waals surface area contributed by atoms with Crippen molar-refractivity contribution in [3.05, 3.63) is 76.8 Å². The molecule has 0 aliphatic carbocycles. The maximum atomic E-state index is 12.6. The van der Waals surface area contributed by atoms with Gasteiger partial charge in [-0.1, -0.05) is 12.1 Å². The molecule has 1 aromatic carbocycles. The van der Waals surface area contributed by atoms with Crippen molar-refractivity contribution in [2.75, 3.05) is 31.2 Å². The van der Waals surface area contributed by atoms with E-state index in [-0.39, 0.29) is 5.56 Å². The van der Waals surface area contributed by atoms with Gasteiger partial charge in [-0.15, -0.1) is 0 Å². The van der Waals surface area contributed by atoms with Crippen LogP contribution in [0.5, 0.6) is 0 Å². The number of nitrogen functional groups attached to an aromatic ring is 1. The smallest absolute Gasteiger partial charge is 0.259 e. The highest BCUT2D eigenvalue weighted by atomic mass is 16.1. The Bertz CT molecular complexity index is 1290. The lowest BCUT2D eigenvalue weighted by atomic mass is 9.89. The van der Waals surface area contributed by atoms with Gasteiger partial charge in [0.2, 0.25) is 0 Å². The number of hydrogen-bond donors (Lipinski definition) is 3. The fourth-order valence-electron chi connectivity index (χ4n) is 4.33. The number of fused-ring (bicyclic) bond motifs is 1. The number of rotatable bonds is 4.